The fraction of sp³-hybridized carbons (Fsp3) is 0.750. The Hall–Kier alpha value is -0.910. The monoisotopic (exact) mass is 219 g/mol. The van der Waals surface area contributed by atoms with Gasteiger partial charge in [-0.15, -0.1) is 0 Å². The number of hydrogen-bond acceptors (Lipinski definition) is 4. The van der Waals surface area contributed by atoms with E-state index in [1.54, 1.807) is 6.92 Å². The lowest BCUT2D eigenvalue weighted by Gasteiger charge is -2.13. The summed E-state index contributed by atoms with van der Waals surface area (Å²) in [6, 6.07) is 0. The van der Waals surface area contributed by atoms with Crippen LogP contribution in [0.2, 0.25) is 0 Å². The van der Waals surface area contributed by atoms with Crippen LogP contribution in [0, 0.1) is 5.92 Å². The number of carbonyl (C=O) groups is 2. The van der Waals surface area contributed by atoms with Crippen LogP contribution in [0.15, 0.2) is 0 Å². The summed E-state index contributed by atoms with van der Waals surface area (Å²) in [5.41, 5.74) is 4.82. The molecule has 0 bridgehead atoms. The average Bonchev–Trinajstić information content (AvgIpc) is 2.30. The summed E-state index contributed by atoms with van der Waals surface area (Å²) in [5, 5.41) is -0.720. The summed E-state index contributed by atoms with van der Waals surface area (Å²) in [6.07, 6.45) is 0.597. The third-order valence-corrected chi connectivity index (χ3v) is 4.80. The maximum atomic E-state index is 11.5. The van der Waals surface area contributed by atoms with Crippen molar-refractivity contribution in [3.8, 4) is 0 Å². The van der Waals surface area contributed by atoms with Crippen molar-refractivity contribution in [2.75, 3.05) is 5.75 Å². The van der Waals surface area contributed by atoms with Crippen LogP contribution in [0.4, 0.5) is 0 Å². The smallest absolute Gasteiger partial charge is 0.232 e. The largest absolute Gasteiger partial charge is 0.369 e. The van der Waals surface area contributed by atoms with Gasteiger partial charge in [0, 0.05) is 12.3 Å². The fourth-order valence-electron chi connectivity index (χ4n) is 1.77. The van der Waals surface area contributed by atoms with Crippen molar-refractivity contribution in [1.82, 2.24) is 0 Å². The quantitative estimate of drug-likeness (QED) is 0.676. The zero-order valence-electron chi connectivity index (χ0n) is 7.89. The summed E-state index contributed by atoms with van der Waals surface area (Å²) >= 11 is 0. The second-order valence-electron chi connectivity index (χ2n) is 3.61. The van der Waals surface area contributed by atoms with Crippen molar-refractivity contribution < 1.29 is 18.0 Å². The topological polar surface area (TPSA) is 94.3 Å². The first-order chi connectivity index (χ1) is 6.34. The molecule has 5 nitrogen and oxygen atoms in total. The zero-order chi connectivity index (χ0) is 10.9. The Morgan fingerprint density at radius 1 is 1.57 bits per heavy atom. The van der Waals surface area contributed by atoms with Gasteiger partial charge in [0.05, 0.1) is 5.25 Å². The molecule has 1 fully saturated rings. The molecule has 1 aliphatic rings. The maximum absolute atomic E-state index is 11.5. The second-order valence-corrected chi connectivity index (χ2v) is 5.83. The molecule has 0 aliphatic heterocycles. The molecule has 2 N–H and O–H groups in total. The van der Waals surface area contributed by atoms with Gasteiger partial charge in [-0.3, -0.25) is 9.59 Å². The number of Topliss-reactive ketones (excluding diaryl/α,β-unsaturated/α-hetero) is 1. The van der Waals surface area contributed by atoms with Crippen LogP contribution in [-0.2, 0) is 19.4 Å². The molecule has 14 heavy (non-hydrogen) atoms. The minimum absolute atomic E-state index is 0.0527. The van der Waals surface area contributed by atoms with Gasteiger partial charge in [0.1, 0.15) is 11.5 Å². The van der Waals surface area contributed by atoms with E-state index < -0.39 is 32.7 Å². The van der Waals surface area contributed by atoms with E-state index in [0.717, 1.165) is 0 Å². The fourth-order valence-corrected chi connectivity index (χ4v) is 3.63. The number of primary amides is 1. The van der Waals surface area contributed by atoms with E-state index in [4.69, 9.17) is 5.73 Å². The lowest BCUT2D eigenvalue weighted by molar-refractivity contribution is -0.120. The van der Waals surface area contributed by atoms with Crippen molar-refractivity contribution in [3.05, 3.63) is 0 Å². The highest BCUT2D eigenvalue weighted by atomic mass is 32.2. The van der Waals surface area contributed by atoms with Gasteiger partial charge >= 0.3 is 0 Å². The average molecular weight is 219 g/mol. The maximum Gasteiger partial charge on any atom is 0.232 e. The first-order valence-corrected chi connectivity index (χ1v) is 6.08. The molecule has 6 heteroatoms. The van der Waals surface area contributed by atoms with Gasteiger partial charge < -0.3 is 5.73 Å². The third kappa shape index (κ3) is 2.12. The molecule has 1 saturated carbocycles. The van der Waals surface area contributed by atoms with E-state index >= 15 is 0 Å². The van der Waals surface area contributed by atoms with Crippen molar-refractivity contribution in [3.63, 3.8) is 0 Å². The van der Waals surface area contributed by atoms with Crippen LogP contribution in [0.5, 0.6) is 0 Å². The van der Waals surface area contributed by atoms with Crippen molar-refractivity contribution in [2.45, 2.75) is 25.0 Å². The van der Waals surface area contributed by atoms with Gasteiger partial charge in [0.25, 0.3) is 0 Å². The molecule has 0 heterocycles. The Kier molecular flexibility index (Phi) is 2.94. The summed E-state index contributed by atoms with van der Waals surface area (Å²) in [7, 11) is -3.54. The molecule has 0 aromatic heterocycles. The number of sulfone groups is 1. The molecule has 0 radical (unpaired) electrons. The lowest BCUT2D eigenvalue weighted by Crippen LogP contribution is -2.33. The molecule has 0 aromatic carbocycles. The van der Waals surface area contributed by atoms with Gasteiger partial charge in [-0.25, -0.2) is 8.42 Å². The molecular weight excluding hydrogens is 206 g/mol. The van der Waals surface area contributed by atoms with Crippen molar-refractivity contribution >= 4 is 21.5 Å². The normalized spacial score (nSPS) is 27.9. The molecular formula is C8H13NO4S. The van der Waals surface area contributed by atoms with Gasteiger partial charge in [-0.2, -0.15) is 0 Å². The van der Waals surface area contributed by atoms with Crippen molar-refractivity contribution in [2.24, 2.45) is 11.7 Å². The molecule has 2 unspecified atom stereocenters. The van der Waals surface area contributed by atoms with Crippen LogP contribution in [0.3, 0.4) is 0 Å². The van der Waals surface area contributed by atoms with E-state index in [1.165, 1.54) is 0 Å². The molecule has 2 atom stereocenters. The van der Waals surface area contributed by atoms with Gasteiger partial charge in [0.15, 0.2) is 9.84 Å². The van der Waals surface area contributed by atoms with Gasteiger partial charge in [-0.1, -0.05) is 6.92 Å². The predicted molar refractivity (Wildman–Crippen MR) is 50.2 cm³/mol. The highest BCUT2D eigenvalue weighted by molar-refractivity contribution is 7.92. The molecule has 0 saturated heterocycles. The Morgan fingerprint density at radius 2 is 2.14 bits per heavy atom. The number of hydrogen-bond donors (Lipinski definition) is 1. The predicted octanol–water partition coefficient (Wildman–Crippen LogP) is -0.746. The molecule has 1 amide bonds. The SMILES string of the molecule is CC1C(=O)CCC1S(=O)(=O)CC(N)=O. The van der Waals surface area contributed by atoms with E-state index in [0.29, 0.717) is 6.42 Å². The Labute approximate surface area is 82.6 Å². The minimum Gasteiger partial charge on any atom is -0.369 e. The van der Waals surface area contributed by atoms with Crippen LogP contribution in [0.25, 0.3) is 0 Å². The van der Waals surface area contributed by atoms with Gasteiger partial charge in [-0.05, 0) is 6.42 Å². The molecule has 0 spiro atoms. The molecule has 1 rings (SSSR count). The first kappa shape index (κ1) is 11.2. The highest BCUT2D eigenvalue weighted by Gasteiger charge is 2.40. The Morgan fingerprint density at radius 3 is 2.50 bits per heavy atom. The highest BCUT2D eigenvalue weighted by Crippen LogP contribution is 2.28. The van der Waals surface area contributed by atoms with E-state index in [-0.39, 0.29) is 12.2 Å². The summed E-state index contributed by atoms with van der Waals surface area (Å²) < 4.78 is 23.1. The van der Waals surface area contributed by atoms with Crippen LogP contribution >= 0.6 is 0 Å². The lowest BCUT2D eigenvalue weighted by atomic mass is 10.1. The van der Waals surface area contributed by atoms with Crippen LogP contribution in [-0.4, -0.2) is 31.1 Å². The molecule has 1 aliphatic carbocycles. The summed E-state index contributed by atoms with van der Waals surface area (Å²) in [5.74, 6) is -2.08. The number of carbonyl (C=O) groups excluding carboxylic acids is 2. The second kappa shape index (κ2) is 3.68. The molecule has 80 valence electrons. The van der Waals surface area contributed by atoms with E-state index in [2.05, 4.69) is 0 Å². The summed E-state index contributed by atoms with van der Waals surface area (Å²) in [6.45, 7) is 1.58. The zero-order valence-corrected chi connectivity index (χ0v) is 8.71. The Balaban J connectivity index is 2.84. The standard InChI is InChI=1S/C8H13NO4S/c1-5-6(10)2-3-7(5)14(12,13)4-8(9)11/h5,7H,2-4H2,1H3,(H2,9,11). The Bertz CT molecular complexity index is 360. The molecule has 0 aromatic rings. The van der Waals surface area contributed by atoms with Crippen LogP contribution in [0.1, 0.15) is 19.8 Å². The third-order valence-electron chi connectivity index (χ3n) is 2.55. The number of nitrogens with two attached hydrogens (primary N) is 1. The minimum atomic E-state index is -3.54. The first-order valence-electron chi connectivity index (χ1n) is 4.37. The number of amides is 1. The summed E-state index contributed by atoms with van der Waals surface area (Å²) in [4.78, 5) is 21.7. The van der Waals surface area contributed by atoms with E-state index in [9.17, 15) is 18.0 Å². The van der Waals surface area contributed by atoms with E-state index in [1.807, 2.05) is 0 Å². The van der Waals surface area contributed by atoms with Crippen molar-refractivity contribution in [1.29, 1.82) is 0 Å². The number of ketones is 1. The van der Waals surface area contributed by atoms with Crippen LogP contribution < -0.4 is 5.73 Å². The number of rotatable bonds is 3. The van der Waals surface area contributed by atoms with Gasteiger partial charge in [0.2, 0.25) is 5.91 Å².